The maximum Gasteiger partial charge on any atom is 0.128 e. The number of nitrogens with zero attached hydrogens (tertiary/aromatic N) is 2. The largest absolute Gasteiger partial charge is 0.357 e. The molecule has 0 aliphatic carbocycles. The lowest BCUT2D eigenvalue weighted by atomic mass is 9.85. The summed E-state index contributed by atoms with van der Waals surface area (Å²) >= 11 is 0. The van der Waals surface area contributed by atoms with Gasteiger partial charge in [-0.2, -0.15) is 0 Å². The van der Waals surface area contributed by atoms with Crippen LogP contribution in [0.15, 0.2) is 18.3 Å². The van der Waals surface area contributed by atoms with Crippen LogP contribution in [0.25, 0.3) is 0 Å². The first-order valence-electron chi connectivity index (χ1n) is 6.94. The quantitative estimate of drug-likeness (QED) is 0.873. The first-order chi connectivity index (χ1) is 8.48. The molecular formula is C15H25N3. The highest BCUT2D eigenvalue weighted by atomic mass is 15.2. The third kappa shape index (κ3) is 3.22. The number of rotatable bonds is 2. The molecule has 100 valence electrons. The molecule has 3 heteroatoms. The number of anilines is 1. The zero-order valence-corrected chi connectivity index (χ0v) is 11.8. The number of aromatic nitrogens is 1. The summed E-state index contributed by atoms with van der Waals surface area (Å²) in [7, 11) is 0. The van der Waals surface area contributed by atoms with E-state index >= 15 is 0 Å². The Bertz CT molecular complexity index is 398. The van der Waals surface area contributed by atoms with Gasteiger partial charge in [0.2, 0.25) is 0 Å². The van der Waals surface area contributed by atoms with E-state index < -0.39 is 0 Å². The molecule has 2 rings (SSSR count). The number of hydrogen-bond donors (Lipinski definition) is 1. The maximum absolute atomic E-state index is 5.94. The predicted molar refractivity (Wildman–Crippen MR) is 76.7 cm³/mol. The van der Waals surface area contributed by atoms with Crippen LogP contribution in [-0.4, -0.2) is 18.1 Å². The van der Waals surface area contributed by atoms with Gasteiger partial charge in [-0.15, -0.1) is 0 Å². The number of hydrogen-bond acceptors (Lipinski definition) is 3. The summed E-state index contributed by atoms with van der Waals surface area (Å²) in [5.41, 5.74) is 7.58. The van der Waals surface area contributed by atoms with E-state index in [0.29, 0.717) is 5.41 Å². The summed E-state index contributed by atoms with van der Waals surface area (Å²) in [6.07, 6.45) is 5.66. The Morgan fingerprint density at radius 3 is 2.83 bits per heavy atom. The molecule has 0 bridgehead atoms. The lowest BCUT2D eigenvalue weighted by molar-refractivity contribution is 0.325. The first-order valence-corrected chi connectivity index (χ1v) is 6.94. The van der Waals surface area contributed by atoms with Crippen molar-refractivity contribution in [1.29, 1.82) is 0 Å². The fourth-order valence-electron chi connectivity index (χ4n) is 2.54. The van der Waals surface area contributed by atoms with Crippen LogP contribution >= 0.6 is 0 Å². The molecule has 0 saturated carbocycles. The molecule has 1 atom stereocenters. The Labute approximate surface area is 110 Å². The second kappa shape index (κ2) is 5.27. The van der Waals surface area contributed by atoms with Crippen LogP contribution in [0.5, 0.6) is 0 Å². The highest BCUT2D eigenvalue weighted by Crippen LogP contribution is 2.31. The zero-order chi connectivity index (χ0) is 13.2. The molecule has 0 spiro atoms. The van der Waals surface area contributed by atoms with Crippen LogP contribution < -0.4 is 10.6 Å². The molecule has 1 aromatic rings. The van der Waals surface area contributed by atoms with E-state index in [0.717, 1.165) is 18.9 Å². The summed E-state index contributed by atoms with van der Waals surface area (Å²) < 4.78 is 0. The van der Waals surface area contributed by atoms with Crippen molar-refractivity contribution >= 4 is 5.82 Å². The van der Waals surface area contributed by atoms with Crippen molar-refractivity contribution in [2.24, 2.45) is 11.1 Å². The average Bonchev–Trinajstić information content (AvgIpc) is 2.50. The van der Waals surface area contributed by atoms with Gasteiger partial charge in [0.15, 0.2) is 0 Å². The van der Waals surface area contributed by atoms with Gasteiger partial charge in [-0.1, -0.05) is 13.8 Å². The monoisotopic (exact) mass is 247 g/mol. The van der Waals surface area contributed by atoms with Crippen LogP contribution in [0.1, 0.15) is 51.6 Å². The lowest BCUT2D eigenvalue weighted by Crippen LogP contribution is -2.26. The summed E-state index contributed by atoms with van der Waals surface area (Å²) in [4.78, 5) is 6.91. The predicted octanol–water partition coefficient (Wildman–Crippen LogP) is 3.12. The Balaban J connectivity index is 2.13. The van der Waals surface area contributed by atoms with Crippen molar-refractivity contribution in [3.05, 3.63) is 23.9 Å². The highest BCUT2D eigenvalue weighted by Gasteiger charge is 2.23. The van der Waals surface area contributed by atoms with Crippen molar-refractivity contribution in [1.82, 2.24) is 4.98 Å². The Morgan fingerprint density at radius 2 is 2.11 bits per heavy atom. The standard InChI is InChI=1S/C15H25N3/c1-12(16)13-5-8-17-14(11-13)18-9-4-6-15(2,3)7-10-18/h5,8,11-12H,4,6-7,9-10,16H2,1-3H3. The molecular weight excluding hydrogens is 222 g/mol. The second-order valence-corrected chi connectivity index (χ2v) is 6.24. The third-order valence-corrected chi connectivity index (χ3v) is 3.96. The van der Waals surface area contributed by atoms with Gasteiger partial charge in [0, 0.05) is 25.3 Å². The molecule has 0 amide bonds. The number of pyridine rings is 1. The van der Waals surface area contributed by atoms with E-state index in [1.165, 1.54) is 24.8 Å². The normalized spacial score (nSPS) is 21.4. The van der Waals surface area contributed by atoms with Gasteiger partial charge in [0.25, 0.3) is 0 Å². The Kier molecular flexibility index (Phi) is 3.91. The molecule has 1 fully saturated rings. The number of nitrogens with two attached hydrogens (primary N) is 1. The van der Waals surface area contributed by atoms with Gasteiger partial charge in [-0.3, -0.25) is 0 Å². The molecule has 1 aliphatic rings. The molecule has 18 heavy (non-hydrogen) atoms. The smallest absolute Gasteiger partial charge is 0.128 e. The van der Waals surface area contributed by atoms with Gasteiger partial charge < -0.3 is 10.6 Å². The molecule has 1 unspecified atom stereocenters. The maximum atomic E-state index is 5.94. The molecule has 2 N–H and O–H groups in total. The molecule has 0 radical (unpaired) electrons. The minimum atomic E-state index is 0.0789. The lowest BCUT2D eigenvalue weighted by Gasteiger charge is -2.24. The van der Waals surface area contributed by atoms with Crippen molar-refractivity contribution in [3.8, 4) is 0 Å². The van der Waals surface area contributed by atoms with Crippen LogP contribution in [0, 0.1) is 5.41 Å². The molecule has 1 aliphatic heterocycles. The minimum absolute atomic E-state index is 0.0789. The van der Waals surface area contributed by atoms with Gasteiger partial charge in [-0.05, 0) is 49.3 Å². The van der Waals surface area contributed by atoms with Crippen LogP contribution in [0.4, 0.5) is 5.82 Å². The molecule has 0 aromatic carbocycles. The zero-order valence-electron chi connectivity index (χ0n) is 11.8. The molecule has 1 saturated heterocycles. The molecule has 3 nitrogen and oxygen atoms in total. The van der Waals surface area contributed by atoms with Gasteiger partial charge in [0.05, 0.1) is 0 Å². The summed E-state index contributed by atoms with van der Waals surface area (Å²) in [6.45, 7) is 8.95. The second-order valence-electron chi connectivity index (χ2n) is 6.24. The third-order valence-electron chi connectivity index (χ3n) is 3.96. The summed E-state index contributed by atoms with van der Waals surface area (Å²) in [5, 5.41) is 0. The Hall–Kier alpha value is -1.09. The van der Waals surface area contributed by atoms with Gasteiger partial charge in [-0.25, -0.2) is 4.98 Å². The highest BCUT2D eigenvalue weighted by molar-refractivity contribution is 5.41. The van der Waals surface area contributed by atoms with E-state index in [1.807, 2.05) is 19.2 Å². The van der Waals surface area contributed by atoms with Crippen molar-refractivity contribution < 1.29 is 0 Å². The van der Waals surface area contributed by atoms with Crippen LogP contribution in [-0.2, 0) is 0 Å². The first kappa shape index (κ1) is 13.3. The van der Waals surface area contributed by atoms with E-state index in [9.17, 15) is 0 Å². The van der Waals surface area contributed by atoms with Gasteiger partial charge >= 0.3 is 0 Å². The fraction of sp³-hybridized carbons (Fsp3) is 0.667. The van der Waals surface area contributed by atoms with E-state index in [4.69, 9.17) is 5.73 Å². The topological polar surface area (TPSA) is 42.1 Å². The van der Waals surface area contributed by atoms with Crippen LogP contribution in [0.2, 0.25) is 0 Å². The molecule has 1 aromatic heterocycles. The van der Waals surface area contributed by atoms with E-state index in [-0.39, 0.29) is 6.04 Å². The minimum Gasteiger partial charge on any atom is -0.357 e. The summed E-state index contributed by atoms with van der Waals surface area (Å²) in [6, 6.07) is 4.23. The van der Waals surface area contributed by atoms with E-state index in [2.05, 4.69) is 29.8 Å². The average molecular weight is 247 g/mol. The molecule has 2 heterocycles. The van der Waals surface area contributed by atoms with Crippen LogP contribution in [0.3, 0.4) is 0 Å². The summed E-state index contributed by atoms with van der Waals surface area (Å²) in [5.74, 6) is 1.09. The Morgan fingerprint density at radius 1 is 1.33 bits per heavy atom. The fourth-order valence-corrected chi connectivity index (χ4v) is 2.54. The van der Waals surface area contributed by atoms with E-state index in [1.54, 1.807) is 0 Å². The van der Waals surface area contributed by atoms with Crippen molar-refractivity contribution in [2.75, 3.05) is 18.0 Å². The van der Waals surface area contributed by atoms with Gasteiger partial charge in [0.1, 0.15) is 5.82 Å². The van der Waals surface area contributed by atoms with Crippen molar-refractivity contribution in [2.45, 2.75) is 46.1 Å². The SMILES string of the molecule is CC(N)c1ccnc(N2CCCC(C)(C)CC2)c1. The van der Waals surface area contributed by atoms with Crippen molar-refractivity contribution in [3.63, 3.8) is 0 Å².